The highest BCUT2D eigenvalue weighted by atomic mass is 79.9. The number of carbonyl (C=O) groups is 1. The molecule has 0 bridgehead atoms. The van der Waals surface area contributed by atoms with E-state index in [1.165, 1.54) is 18.2 Å². The van der Waals surface area contributed by atoms with E-state index >= 15 is 0 Å². The van der Waals surface area contributed by atoms with E-state index in [9.17, 15) is 13.2 Å². The molecule has 0 aliphatic heterocycles. The smallest absolute Gasteiger partial charge is 0.252 e. The third-order valence-electron chi connectivity index (χ3n) is 2.50. The Morgan fingerprint density at radius 1 is 1.50 bits per heavy atom. The number of amides is 1. The predicted octanol–water partition coefficient (Wildman–Crippen LogP) is 1.62. The zero-order valence-electron chi connectivity index (χ0n) is 10.1. The molecule has 0 aromatic heterocycles. The molecule has 7 heteroatoms. The van der Waals surface area contributed by atoms with E-state index < -0.39 is 10.0 Å². The van der Waals surface area contributed by atoms with Crippen LogP contribution in [0.1, 0.15) is 30.6 Å². The molecule has 18 heavy (non-hydrogen) atoms. The van der Waals surface area contributed by atoms with Gasteiger partial charge in [0.25, 0.3) is 5.91 Å². The number of sulfonamides is 1. The summed E-state index contributed by atoms with van der Waals surface area (Å²) >= 11 is 3.21. The normalized spacial score (nSPS) is 13.1. The molecule has 0 unspecified atom stereocenters. The highest BCUT2D eigenvalue weighted by Crippen LogP contribution is 2.20. The number of halogens is 1. The molecule has 0 saturated carbocycles. The van der Waals surface area contributed by atoms with E-state index in [0.29, 0.717) is 4.47 Å². The predicted molar refractivity (Wildman–Crippen MR) is 72.7 cm³/mol. The molecule has 0 fully saturated rings. The fraction of sp³-hybridized carbons (Fsp3) is 0.364. The van der Waals surface area contributed by atoms with Crippen LogP contribution < -0.4 is 10.5 Å². The van der Waals surface area contributed by atoms with E-state index in [4.69, 9.17) is 5.14 Å². The number of nitrogens with two attached hydrogens (primary N) is 1. The van der Waals surface area contributed by atoms with E-state index in [1.54, 1.807) is 0 Å². The molecule has 1 atom stereocenters. The lowest BCUT2D eigenvalue weighted by Crippen LogP contribution is -2.32. The second-order valence-corrected chi connectivity index (χ2v) is 6.39. The first-order chi connectivity index (χ1) is 8.25. The van der Waals surface area contributed by atoms with Crippen LogP contribution in [0, 0.1) is 0 Å². The molecule has 0 heterocycles. The van der Waals surface area contributed by atoms with Gasteiger partial charge in [-0.3, -0.25) is 4.79 Å². The average molecular weight is 335 g/mol. The molecule has 1 amide bonds. The molecular weight excluding hydrogens is 320 g/mol. The lowest BCUT2D eigenvalue weighted by molar-refractivity contribution is 0.0938. The largest absolute Gasteiger partial charge is 0.350 e. The van der Waals surface area contributed by atoms with Crippen LogP contribution >= 0.6 is 15.9 Å². The third-order valence-corrected chi connectivity index (χ3v) is 4.10. The molecule has 0 aliphatic carbocycles. The summed E-state index contributed by atoms with van der Waals surface area (Å²) in [7, 11) is -3.81. The Labute approximate surface area is 115 Å². The van der Waals surface area contributed by atoms with Gasteiger partial charge in [-0.2, -0.15) is 0 Å². The summed E-state index contributed by atoms with van der Waals surface area (Å²) in [6.07, 6.45) is 0.790. The molecule has 1 aromatic rings. The molecule has 100 valence electrons. The van der Waals surface area contributed by atoms with Crippen molar-refractivity contribution in [3.05, 3.63) is 28.2 Å². The minimum Gasteiger partial charge on any atom is -0.350 e. The number of primary sulfonamides is 1. The van der Waals surface area contributed by atoms with E-state index in [2.05, 4.69) is 21.2 Å². The van der Waals surface area contributed by atoms with Gasteiger partial charge in [0, 0.05) is 10.5 Å². The molecule has 5 nitrogen and oxygen atoms in total. The van der Waals surface area contributed by atoms with Gasteiger partial charge in [0.2, 0.25) is 10.0 Å². The maximum Gasteiger partial charge on any atom is 0.252 e. The molecular formula is C11H15BrN2O3S. The number of nitrogens with one attached hydrogen (secondary N) is 1. The third kappa shape index (κ3) is 3.79. The van der Waals surface area contributed by atoms with Gasteiger partial charge in [-0.25, -0.2) is 13.6 Å². The van der Waals surface area contributed by atoms with Crippen molar-refractivity contribution >= 4 is 31.9 Å². The first-order valence-electron chi connectivity index (χ1n) is 5.39. The van der Waals surface area contributed by atoms with Crippen molar-refractivity contribution in [3.8, 4) is 0 Å². The number of hydrogen-bond acceptors (Lipinski definition) is 3. The number of benzene rings is 1. The van der Waals surface area contributed by atoms with Crippen LogP contribution in [0.5, 0.6) is 0 Å². The van der Waals surface area contributed by atoms with Gasteiger partial charge in [-0.15, -0.1) is 0 Å². The first-order valence-corrected chi connectivity index (χ1v) is 7.72. The van der Waals surface area contributed by atoms with E-state index in [-0.39, 0.29) is 22.4 Å². The molecule has 0 aliphatic rings. The summed E-state index contributed by atoms with van der Waals surface area (Å²) in [5, 5.41) is 7.79. The first kappa shape index (κ1) is 15.1. The molecule has 1 aromatic carbocycles. The summed E-state index contributed by atoms with van der Waals surface area (Å²) in [5.74, 6) is -0.332. The minimum absolute atomic E-state index is 0.0162. The van der Waals surface area contributed by atoms with Gasteiger partial charge >= 0.3 is 0 Å². The Morgan fingerprint density at radius 2 is 2.11 bits per heavy atom. The van der Waals surface area contributed by atoms with Crippen LogP contribution in [0.25, 0.3) is 0 Å². The summed E-state index contributed by atoms with van der Waals surface area (Å²) in [6.45, 7) is 3.82. The fourth-order valence-electron chi connectivity index (χ4n) is 1.26. The van der Waals surface area contributed by atoms with Gasteiger partial charge in [0.05, 0.1) is 10.5 Å². The Balaban J connectivity index is 3.12. The van der Waals surface area contributed by atoms with Crippen LogP contribution in [0.3, 0.4) is 0 Å². The summed E-state index contributed by atoms with van der Waals surface area (Å²) in [6, 6.07) is 4.12. The van der Waals surface area contributed by atoms with Gasteiger partial charge in [-0.1, -0.05) is 6.92 Å². The Bertz CT molecular complexity index is 557. The Morgan fingerprint density at radius 3 is 2.61 bits per heavy atom. The van der Waals surface area contributed by atoms with Crippen LogP contribution in [-0.2, 0) is 10.0 Å². The quantitative estimate of drug-likeness (QED) is 0.876. The molecule has 0 spiro atoms. The number of rotatable bonds is 4. The van der Waals surface area contributed by atoms with Crippen LogP contribution in [0.2, 0.25) is 0 Å². The lowest BCUT2D eigenvalue weighted by atomic mass is 10.2. The second-order valence-electron chi connectivity index (χ2n) is 3.97. The maximum atomic E-state index is 11.9. The minimum atomic E-state index is -3.81. The van der Waals surface area contributed by atoms with E-state index in [0.717, 1.165) is 6.42 Å². The van der Waals surface area contributed by atoms with Crippen LogP contribution in [0.4, 0.5) is 0 Å². The molecule has 1 rings (SSSR count). The van der Waals surface area contributed by atoms with Gasteiger partial charge in [-0.05, 0) is 47.5 Å². The highest BCUT2D eigenvalue weighted by molar-refractivity contribution is 9.10. The summed E-state index contributed by atoms with van der Waals surface area (Å²) in [5.41, 5.74) is 0.252. The zero-order chi connectivity index (χ0) is 13.9. The summed E-state index contributed by atoms with van der Waals surface area (Å²) in [4.78, 5) is 11.9. The van der Waals surface area contributed by atoms with Crippen molar-refractivity contribution in [3.63, 3.8) is 0 Å². The van der Waals surface area contributed by atoms with Gasteiger partial charge in [0.15, 0.2) is 0 Å². The van der Waals surface area contributed by atoms with Crippen molar-refractivity contribution in [2.45, 2.75) is 31.2 Å². The zero-order valence-corrected chi connectivity index (χ0v) is 12.5. The second kappa shape index (κ2) is 5.81. The topological polar surface area (TPSA) is 89.3 Å². The number of carbonyl (C=O) groups excluding carboxylic acids is 1. The van der Waals surface area contributed by atoms with Crippen LogP contribution in [-0.4, -0.2) is 20.4 Å². The monoisotopic (exact) mass is 334 g/mol. The highest BCUT2D eigenvalue weighted by Gasteiger charge is 2.16. The van der Waals surface area contributed by atoms with Crippen molar-refractivity contribution < 1.29 is 13.2 Å². The molecule has 0 radical (unpaired) electrons. The van der Waals surface area contributed by atoms with Gasteiger partial charge in [0.1, 0.15) is 0 Å². The maximum absolute atomic E-state index is 11.9. The molecule has 3 N–H and O–H groups in total. The summed E-state index contributed by atoms with van der Waals surface area (Å²) < 4.78 is 23.0. The van der Waals surface area contributed by atoms with Crippen LogP contribution in [0.15, 0.2) is 27.6 Å². The Hall–Kier alpha value is -0.920. The Kier molecular flexibility index (Phi) is 4.89. The van der Waals surface area contributed by atoms with Crippen molar-refractivity contribution in [1.82, 2.24) is 5.32 Å². The van der Waals surface area contributed by atoms with Crippen molar-refractivity contribution in [2.24, 2.45) is 5.14 Å². The SMILES string of the molecule is CC[C@@H](C)NC(=O)c1cc(S(N)(=O)=O)ccc1Br. The average Bonchev–Trinajstić information content (AvgIpc) is 2.27. The molecule has 0 saturated heterocycles. The number of hydrogen-bond donors (Lipinski definition) is 2. The standard InChI is InChI=1S/C11H15BrN2O3S/c1-3-7(2)14-11(15)9-6-8(18(13,16)17)4-5-10(9)12/h4-7H,3H2,1-2H3,(H,14,15)(H2,13,16,17)/t7-/m1/s1. The van der Waals surface area contributed by atoms with Crippen molar-refractivity contribution in [2.75, 3.05) is 0 Å². The van der Waals surface area contributed by atoms with Crippen molar-refractivity contribution in [1.29, 1.82) is 0 Å². The van der Waals surface area contributed by atoms with Gasteiger partial charge < -0.3 is 5.32 Å². The lowest BCUT2D eigenvalue weighted by Gasteiger charge is -2.12. The van der Waals surface area contributed by atoms with E-state index in [1.807, 2.05) is 13.8 Å². The fourth-order valence-corrected chi connectivity index (χ4v) is 2.23.